The number of nitrogens with zero attached hydrogens (tertiary/aromatic N) is 4. The molecule has 0 saturated heterocycles. The van der Waals surface area contributed by atoms with E-state index in [-0.39, 0.29) is 0 Å². The van der Waals surface area contributed by atoms with E-state index in [1.165, 1.54) is 11.0 Å². The zero-order valence-corrected chi connectivity index (χ0v) is 7.89. The van der Waals surface area contributed by atoms with E-state index in [0.717, 1.165) is 4.47 Å². The second-order valence-corrected chi connectivity index (χ2v) is 3.15. The molecular formula is C6H4BrN5O. The van der Waals surface area contributed by atoms with E-state index in [4.69, 9.17) is 0 Å². The molecule has 1 N–H and O–H groups in total. The van der Waals surface area contributed by atoms with Crippen molar-refractivity contribution < 1.29 is 0 Å². The van der Waals surface area contributed by atoms with Crippen molar-refractivity contribution in [2.45, 2.75) is 0 Å². The van der Waals surface area contributed by atoms with E-state index in [1.807, 2.05) is 0 Å². The topological polar surface area (TPSA) is 76.5 Å². The van der Waals surface area contributed by atoms with Crippen LogP contribution >= 0.6 is 15.9 Å². The van der Waals surface area contributed by atoms with Crippen molar-refractivity contribution in [1.29, 1.82) is 0 Å². The van der Waals surface area contributed by atoms with Gasteiger partial charge in [0, 0.05) is 12.4 Å². The molecule has 0 fully saturated rings. The SMILES string of the molecule is O=c1ncn(-c2ncc(Br)cn2)[nH]1. The number of hydrogen-bond acceptors (Lipinski definition) is 4. The number of H-pyrrole nitrogens is 1. The third kappa shape index (κ3) is 1.64. The minimum absolute atomic E-state index is 0.373. The first kappa shape index (κ1) is 8.11. The van der Waals surface area contributed by atoms with Gasteiger partial charge in [0.05, 0.1) is 4.47 Å². The molecule has 0 radical (unpaired) electrons. The Morgan fingerprint density at radius 2 is 2.00 bits per heavy atom. The van der Waals surface area contributed by atoms with Gasteiger partial charge in [0.2, 0.25) is 5.95 Å². The molecule has 0 aliphatic carbocycles. The van der Waals surface area contributed by atoms with E-state index < -0.39 is 5.69 Å². The molecule has 2 rings (SSSR count). The molecule has 0 aliphatic rings. The third-order valence-electron chi connectivity index (χ3n) is 1.33. The van der Waals surface area contributed by atoms with E-state index in [9.17, 15) is 4.79 Å². The van der Waals surface area contributed by atoms with E-state index in [1.54, 1.807) is 12.4 Å². The van der Waals surface area contributed by atoms with Crippen molar-refractivity contribution in [2.75, 3.05) is 0 Å². The molecule has 7 heteroatoms. The van der Waals surface area contributed by atoms with Crippen LogP contribution in [0.3, 0.4) is 0 Å². The molecule has 0 amide bonds. The van der Waals surface area contributed by atoms with E-state index >= 15 is 0 Å². The summed E-state index contributed by atoms with van der Waals surface area (Å²) in [6, 6.07) is 0. The van der Waals surface area contributed by atoms with Gasteiger partial charge in [-0.05, 0) is 15.9 Å². The first-order valence-electron chi connectivity index (χ1n) is 3.37. The van der Waals surface area contributed by atoms with Crippen LogP contribution in [-0.2, 0) is 0 Å². The van der Waals surface area contributed by atoms with E-state index in [0.29, 0.717) is 5.95 Å². The minimum Gasteiger partial charge on any atom is -0.244 e. The molecular weight excluding hydrogens is 238 g/mol. The van der Waals surface area contributed by atoms with E-state index in [2.05, 4.69) is 36.0 Å². The fourth-order valence-corrected chi connectivity index (χ4v) is 1.01. The Morgan fingerprint density at radius 3 is 2.54 bits per heavy atom. The van der Waals surface area contributed by atoms with Crippen LogP contribution in [0.2, 0.25) is 0 Å². The quantitative estimate of drug-likeness (QED) is 0.770. The molecule has 0 spiro atoms. The maximum atomic E-state index is 10.7. The summed E-state index contributed by atoms with van der Waals surface area (Å²) in [6.45, 7) is 0. The van der Waals surface area contributed by atoms with Gasteiger partial charge >= 0.3 is 5.69 Å². The van der Waals surface area contributed by atoms with Crippen molar-refractivity contribution in [2.24, 2.45) is 0 Å². The van der Waals surface area contributed by atoms with Crippen LogP contribution in [0.5, 0.6) is 0 Å². The summed E-state index contributed by atoms with van der Waals surface area (Å²) in [6.07, 6.45) is 4.49. The Bertz CT molecular complexity index is 458. The summed E-state index contributed by atoms with van der Waals surface area (Å²) in [7, 11) is 0. The second-order valence-electron chi connectivity index (χ2n) is 2.23. The Kier molecular flexibility index (Phi) is 1.93. The molecule has 2 heterocycles. The van der Waals surface area contributed by atoms with Gasteiger partial charge in [-0.25, -0.2) is 24.5 Å². The summed E-state index contributed by atoms with van der Waals surface area (Å²) in [5, 5.41) is 2.42. The summed E-state index contributed by atoms with van der Waals surface area (Å²) in [5.41, 5.74) is -0.425. The molecule has 0 unspecified atom stereocenters. The molecule has 0 aliphatic heterocycles. The number of aromatic nitrogens is 5. The number of rotatable bonds is 1. The lowest BCUT2D eigenvalue weighted by Gasteiger charge is -1.96. The zero-order valence-electron chi connectivity index (χ0n) is 6.31. The van der Waals surface area contributed by atoms with Gasteiger partial charge < -0.3 is 0 Å². The van der Waals surface area contributed by atoms with Crippen molar-refractivity contribution >= 4 is 15.9 Å². The average molecular weight is 242 g/mol. The van der Waals surface area contributed by atoms with Crippen LogP contribution in [0.25, 0.3) is 5.95 Å². The number of nitrogens with one attached hydrogen (secondary N) is 1. The highest BCUT2D eigenvalue weighted by Crippen LogP contribution is 2.05. The maximum Gasteiger partial charge on any atom is 0.361 e. The molecule has 0 saturated carbocycles. The lowest BCUT2D eigenvalue weighted by Crippen LogP contribution is -2.07. The van der Waals surface area contributed by atoms with Gasteiger partial charge in [-0.15, -0.1) is 0 Å². The smallest absolute Gasteiger partial charge is 0.244 e. The van der Waals surface area contributed by atoms with Crippen LogP contribution in [0.15, 0.2) is 28.0 Å². The second kappa shape index (κ2) is 3.09. The predicted molar refractivity (Wildman–Crippen MR) is 47.5 cm³/mol. The molecule has 13 heavy (non-hydrogen) atoms. The predicted octanol–water partition coefficient (Wildman–Crippen LogP) is 0.113. The molecule has 6 nitrogen and oxygen atoms in total. The fourth-order valence-electron chi connectivity index (χ4n) is 0.802. The van der Waals surface area contributed by atoms with Gasteiger partial charge in [0.15, 0.2) is 0 Å². The summed E-state index contributed by atoms with van der Waals surface area (Å²) >= 11 is 3.20. The highest BCUT2D eigenvalue weighted by molar-refractivity contribution is 9.10. The van der Waals surface area contributed by atoms with Gasteiger partial charge in [0.25, 0.3) is 0 Å². The summed E-state index contributed by atoms with van der Waals surface area (Å²) in [5.74, 6) is 0.373. The first-order valence-corrected chi connectivity index (χ1v) is 4.16. The molecule has 0 aromatic carbocycles. The Balaban J connectivity index is 2.47. The van der Waals surface area contributed by atoms with Crippen LogP contribution in [0, 0.1) is 0 Å². The lowest BCUT2D eigenvalue weighted by atomic mass is 10.7. The summed E-state index contributed by atoms with van der Waals surface area (Å²) < 4.78 is 2.12. The average Bonchev–Trinajstić information content (AvgIpc) is 2.53. The zero-order chi connectivity index (χ0) is 9.26. The van der Waals surface area contributed by atoms with Crippen LogP contribution in [0.4, 0.5) is 0 Å². The van der Waals surface area contributed by atoms with Gasteiger partial charge in [-0.3, -0.25) is 0 Å². The minimum atomic E-state index is -0.425. The fraction of sp³-hybridized carbons (Fsp3) is 0. The normalized spacial score (nSPS) is 10.2. The third-order valence-corrected chi connectivity index (χ3v) is 1.74. The van der Waals surface area contributed by atoms with Gasteiger partial charge in [-0.1, -0.05) is 0 Å². The maximum absolute atomic E-state index is 10.7. The molecule has 2 aromatic heterocycles. The Hall–Kier alpha value is -1.50. The lowest BCUT2D eigenvalue weighted by molar-refractivity contribution is 0.795. The number of halogens is 1. The first-order chi connectivity index (χ1) is 6.25. The number of hydrogen-bond donors (Lipinski definition) is 1. The van der Waals surface area contributed by atoms with Gasteiger partial charge in [-0.2, -0.15) is 4.98 Å². The monoisotopic (exact) mass is 241 g/mol. The van der Waals surface area contributed by atoms with Crippen LogP contribution in [0.1, 0.15) is 0 Å². The van der Waals surface area contributed by atoms with Gasteiger partial charge in [0.1, 0.15) is 6.33 Å². The highest BCUT2D eigenvalue weighted by Gasteiger charge is 1.99. The molecule has 0 bridgehead atoms. The van der Waals surface area contributed by atoms with Crippen molar-refractivity contribution in [3.05, 3.63) is 33.7 Å². The largest absolute Gasteiger partial charge is 0.361 e. The van der Waals surface area contributed by atoms with Crippen LogP contribution in [-0.4, -0.2) is 24.7 Å². The Labute approximate surface area is 80.8 Å². The molecule has 0 atom stereocenters. The van der Waals surface area contributed by atoms with Crippen molar-refractivity contribution in [1.82, 2.24) is 24.7 Å². The molecule has 2 aromatic rings. The van der Waals surface area contributed by atoms with Crippen molar-refractivity contribution in [3.63, 3.8) is 0 Å². The highest BCUT2D eigenvalue weighted by atomic mass is 79.9. The summed E-state index contributed by atoms with van der Waals surface area (Å²) in [4.78, 5) is 22.1. The number of aromatic amines is 1. The standard InChI is InChI=1S/C6H4BrN5O/c7-4-1-8-5(9-2-4)12-3-10-6(13)11-12/h1-3H,(H,11,13). The molecule has 66 valence electrons. The Morgan fingerprint density at radius 1 is 1.31 bits per heavy atom. The van der Waals surface area contributed by atoms with Crippen molar-refractivity contribution in [3.8, 4) is 5.95 Å². The van der Waals surface area contributed by atoms with Crippen LogP contribution < -0.4 is 5.69 Å².